The number of carboxylic acids is 1. The minimum atomic E-state index is -0.885. The van der Waals surface area contributed by atoms with Crippen LogP contribution in [0.4, 0.5) is 0 Å². The lowest BCUT2D eigenvalue weighted by molar-refractivity contribution is -0.887. The first kappa shape index (κ1) is 63.5. The number of ether oxygens (including phenoxy) is 3. The number of carboxylic acid groups (broad SMARTS) is 1. The number of likely N-dealkylation sites (N-methyl/N-ethyl adjacent to an activating group) is 1. The standard InChI is InChI=1S/C59H101NO7/c1-6-8-10-12-14-16-18-20-22-24-26-28-29-30-32-34-36-38-40-42-44-46-48-50-58(62)67-55(53-65-52-51-56(59(63)64)60(3,4)5)54-66-57(61)49-47-45-43-41-39-37-35-33-31-27-25-23-21-19-17-15-13-11-9-7-2/h8,10,14,16,20,22,26,28,30,32,36,38,42,44,55-56H,6-7,9,11-13,15,17-19,21,23-25,27,29,31,33-35,37,39-41,43,45-54H2,1-5H3/p+1/b10-8+,16-14+,22-20+,28-26+,32-30+,38-36+,44-42+. The molecule has 0 rings (SSSR count). The Kier molecular flexibility index (Phi) is 46.4. The van der Waals surface area contributed by atoms with E-state index in [1.165, 1.54) is 109 Å². The van der Waals surface area contributed by atoms with Crippen LogP contribution in [-0.2, 0) is 28.6 Å². The highest BCUT2D eigenvalue weighted by atomic mass is 16.6. The maximum absolute atomic E-state index is 12.8. The largest absolute Gasteiger partial charge is 0.477 e. The minimum Gasteiger partial charge on any atom is -0.477 e. The Hall–Kier alpha value is -3.49. The van der Waals surface area contributed by atoms with Crippen molar-refractivity contribution in [3.05, 3.63) is 85.1 Å². The van der Waals surface area contributed by atoms with E-state index >= 15 is 0 Å². The molecule has 2 unspecified atom stereocenters. The number of unbranched alkanes of at least 4 members (excludes halogenated alkanes) is 20. The monoisotopic (exact) mass is 937 g/mol. The van der Waals surface area contributed by atoms with Gasteiger partial charge in [0.1, 0.15) is 6.61 Å². The first-order valence-corrected chi connectivity index (χ1v) is 27.1. The van der Waals surface area contributed by atoms with Crippen LogP contribution in [0.3, 0.4) is 0 Å². The molecule has 1 N–H and O–H groups in total. The number of carbonyl (C=O) groups is 3. The van der Waals surface area contributed by atoms with Crippen LogP contribution in [0.25, 0.3) is 0 Å². The number of carbonyl (C=O) groups excluding carboxylic acids is 2. The molecule has 0 aliphatic rings. The lowest BCUT2D eigenvalue weighted by Gasteiger charge is -2.31. The highest BCUT2D eigenvalue weighted by molar-refractivity contribution is 5.72. The maximum atomic E-state index is 12.8. The topological polar surface area (TPSA) is 99.1 Å². The molecule has 0 spiro atoms. The second kappa shape index (κ2) is 48.9. The lowest BCUT2D eigenvalue weighted by Crippen LogP contribution is -2.50. The fraction of sp³-hybridized carbons (Fsp3) is 0.712. The maximum Gasteiger partial charge on any atom is 0.362 e. The number of nitrogens with zero attached hydrogens (tertiary/aromatic N) is 1. The van der Waals surface area contributed by atoms with Gasteiger partial charge in [0.15, 0.2) is 12.1 Å². The van der Waals surface area contributed by atoms with Crippen LogP contribution in [-0.4, -0.2) is 80.6 Å². The molecule has 2 atom stereocenters. The molecule has 67 heavy (non-hydrogen) atoms. The molecule has 0 aromatic heterocycles. The van der Waals surface area contributed by atoms with Crippen LogP contribution in [0.2, 0.25) is 0 Å². The fourth-order valence-electron chi connectivity index (χ4n) is 7.67. The number of hydrogen-bond donors (Lipinski definition) is 1. The third kappa shape index (κ3) is 47.4. The number of esters is 2. The summed E-state index contributed by atoms with van der Waals surface area (Å²) < 4.78 is 17.3. The normalized spacial score (nSPS) is 13.5. The van der Waals surface area contributed by atoms with Crippen LogP contribution >= 0.6 is 0 Å². The summed E-state index contributed by atoms with van der Waals surface area (Å²) in [7, 11) is 5.51. The van der Waals surface area contributed by atoms with Gasteiger partial charge in [-0.05, 0) is 64.2 Å². The predicted molar refractivity (Wildman–Crippen MR) is 284 cm³/mol. The fourth-order valence-corrected chi connectivity index (χ4v) is 7.67. The zero-order valence-corrected chi connectivity index (χ0v) is 43.8. The lowest BCUT2D eigenvalue weighted by atomic mass is 10.0. The van der Waals surface area contributed by atoms with Gasteiger partial charge in [0.2, 0.25) is 0 Å². The van der Waals surface area contributed by atoms with Crippen LogP contribution in [0.1, 0.15) is 219 Å². The summed E-state index contributed by atoms with van der Waals surface area (Å²) in [5, 5.41) is 9.66. The average molecular weight is 937 g/mol. The molecule has 0 aromatic rings. The van der Waals surface area contributed by atoms with Crippen LogP contribution < -0.4 is 0 Å². The Labute approximate surface area is 412 Å². The van der Waals surface area contributed by atoms with Crippen molar-refractivity contribution in [2.75, 3.05) is 41.0 Å². The van der Waals surface area contributed by atoms with E-state index in [2.05, 4.69) is 98.9 Å². The van der Waals surface area contributed by atoms with E-state index in [1.54, 1.807) is 0 Å². The number of aliphatic carboxylic acids is 1. The van der Waals surface area contributed by atoms with Crippen molar-refractivity contribution in [2.24, 2.45) is 0 Å². The van der Waals surface area contributed by atoms with Gasteiger partial charge in [0.25, 0.3) is 0 Å². The molecule has 384 valence electrons. The number of quaternary nitrogens is 1. The molecule has 0 saturated heterocycles. The molecule has 0 aromatic carbocycles. The van der Waals surface area contributed by atoms with Gasteiger partial charge < -0.3 is 23.8 Å². The smallest absolute Gasteiger partial charge is 0.362 e. The molecule has 0 amide bonds. The van der Waals surface area contributed by atoms with Gasteiger partial charge in [-0.25, -0.2) is 4.79 Å². The Balaban J connectivity index is 4.32. The quantitative estimate of drug-likeness (QED) is 0.0281. The Morgan fingerprint density at radius 1 is 0.463 bits per heavy atom. The third-order valence-corrected chi connectivity index (χ3v) is 11.8. The van der Waals surface area contributed by atoms with E-state index in [9.17, 15) is 19.5 Å². The highest BCUT2D eigenvalue weighted by Crippen LogP contribution is 2.16. The van der Waals surface area contributed by atoms with Crippen molar-refractivity contribution in [3.63, 3.8) is 0 Å². The van der Waals surface area contributed by atoms with Crippen LogP contribution in [0.5, 0.6) is 0 Å². The van der Waals surface area contributed by atoms with Crippen molar-refractivity contribution in [2.45, 2.75) is 231 Å². The average Bonchev–Trinajstić information content (AvgIpc) is 3.29. The molecule has 8 heteroatoms. The van der Waals surface area contributed by atoms with Crippen molar-refractivity contribution < 1.29 is 38.2 Å². The second-order valence-electron chi connectivity index (χ2n) is 19.1. The summed E-state index contributed by atoms with van der Waals surface area (Å²) >= 11 is 0. The third-order valence-electron chi connectivity index (χ3n) is 11.8. The van der Waals surface area contributed by atoms with Crippen LogP contribution in [0.15, 0.2) is 85.1 Å². The van der Waals surface area contributed by atoms with Gasteiger partial charge in [0.05, 0.1) is 34.4 Å². The zero-order chi connectivity index (χ0) is 49.2. The van der Waals surface area contributed by atoms with Gasteiger partial charge >= 0.3 is 17.9 Å². The molecule has 0 aliphatic heterocycles. The first-order chi connectivity index (χ1) is 32.6. The summed E-state index contributed by atoms with van der Waals surface area (Å²) in [5.74, 6) is -1.54. The van der Waals surface area contributed by atoms with Crippen LogP contribution in [0, 0.1) is 0 Å². The van der Waals surface area contributed by atoms with Crippen molar-refractivity contribution >= 4 is 17.9 Å². The Morgan fingerprint density at radius 2 is 0.836 bits per heavy atom. The number of hydrogen-bond acceptors (Lipinski definition) is 6. The molecule has 0 heterocycles. The SMILES string of the molecule is CC/C=C/C/C=C/C/C=C/C/C=C/C/C=C/C/C=C/C/C=C/CCCC(=O)OC(COCCC(C(=O)O)[N+](C)(C)C)COC(=O)CCCCCCCCCCCCCCCCCCCCCC. The highest BCUT2D eigenvalue weighted by Gasteiger charge is 2.31. The van der Waals surface area contributed by atoms with E-state index in [4.69, 9.17) is 14.2 Å². The summed E-state index contributed by atoms with van der Waals surface area (Å²) in [4.78, 5) is 37.2. The van der Waals surface area contributed by atoms with Gasteiger partial charge in [-0.2, -0.15) is 0 Å². The summed E-state index contributed by atoms with van der Waals surface area (Å²) in [6.07, 6.45) is 65.1. The minimum absolute atomic E-state index is 0.0354. The van der Waals surface area contributed by atoms with Crippen molar-refractivity contribution in [3.8, 4) is 0 Å². The summed E-state index contributed by atoms with van der Waals surface area (Å²) in [6.45, 7) is 4.58. The summed E-state index contributed by atoms with van der Waals surface area (Å²) in [6, 6.07) is -0.629. The number of allylic oxidation sites excluding steroid dienone is 14. The molecule has 0 radical (unpaired) electrons. The second-order valence-corrected chi connectivity index (χ2v) is 19.1. The van der Waals surface area contributed by atoms with Crippen molar-refractivity contribution in [1.82, 2.24) is 0 Å². The Morgan fingerprint density at radius 3 is 1.22 bits per heavy atom. The molecule has 0 bridgehead atoms. The molecule has 0 saturated carbocycles. The predicted octanol–water partition coefficient (Wildman–Crippen LogP) is 16.0. The van der Waals surface area contributed by atoms with E-state index in [0.717, 1.165) is 70.6 Å². The van der Waals surface area contributed by atoms with E-state index in [-0.39, 0.29) is 42.7 Å². The zero-order valence-electron chi connectivity index (χ0n) is 43.8. The molecule has 0 fully saturated rings. The molecular formula is C59H102NO7+. The van der Waals surface area contributed by atoms with E-state index in [1.807, 2.05) is 21.1 Å². The molecule has 0 aliphatic carbocycles. The van der Waals surface area contributed by atoms with Gasteiger partial charge in [0, 0.05) is 19.3 Å². The van der Waals surface area contributed by atoms with Gasteiger partial charge in [-0.1, -0.05) is 221 Å². The first-order valence-electron chi connectivity index (χ1n) is 27.1. The number of rotatable bonds is 48. The van der Waals surface area contributed by atoms with Crippen molar-refractivity contribution in [1.29, 1.82) is 0 Å². The van der Waals surface area contributed by atoms with Gasteiger partial charge in [-0.15, -0.1) is 0 Å². The van der Waals surface area contributed by atoms with E-state index in [0.29, 0.717) is 19.3 Å². The van der Waals surface area contributed by atoms with E-state index < -0.39 is 18.1 Å². The Bertz CT molecular complexity index is 1370. The summed E-state index contributed by atoms with van der Waals surface area (Å²) in [5.41, 5.74) is 0. The molecule has 8 nitrogen and oxygen atoms in total. The van der Waals surface area contributed by atoms with Gasteiger partial charge in [-0.3, -0.25) is 9.59 Å². The molecular weight excluding hydrogens is 835 g/mol.